The molecule has 0 saturated carbocycles. The molecule has 0 saturated heterocycles. The van der Waals surface area contributed by atoms with Crippen LogP contribution in [0.2, 0.25) is 0 Å². The van der Waals surface area contributed by atoms with Crippen molar-refractivity contribution >= 4 is 21.4 Å². The van der Waals surface area contributed by atoms with Gasteiger partial charge in [-0.15, -0.1) is 0 Å². The number of fused-ring (bicyclic) bond motifs is 1. The van der Waals surface area contributed by atoms with E-state index in [0.29, 0.717) is 11.4 Å². The molecular formula is C14H10BrFN2. The minimum absolute atomic E-state index is 0.266. The highest BCUT2D eigenvalue weighted by atomic mass is 79.9. The third kappa shape index (κ3) is 1.73. The van der Waals surface area contributed by atoms with Gasteiger partial charge in [-0.2, -0.15) is 0 Å². The van der Waals surface area contributed by atoms with Crippen LogP contribution in [-0.4, -0.2) is 9.38 Å². The van der Waals surface area contributed by atoms with Crippen molar-refractivity contribution in [2.75, 3.05) is 0 Å². The highest BCUT2D eigenvalue weighted by Gasteiger charge is 2.13. The number of rotatable bonds is 1. The van der Waals surface area contributed by atoms with Gasteiger partial charge in [0.25, 0.3) is 0 Å². The maximum Gasteiger partial charge on any atom is 0.148 e. The average molecular weight is 305 g/mol. The molecule has 0 aliphatic carbocycles. The number of imidazole rings is 1. The van der Waals surface area contributed by atoms with E-state index in [1.807, 2.05) is 35.7 Å². The van der Waals surface area contributed by atoms with E-state index in [1.165, 1.54) is 6.07 Å². The molecule has 4 heteroatoms. The second-order valence-electron chi connectivity index (χ2n) is 4.17. The molecule has 2 heterocycles. The van der Waals surface area contributed by atoms with Crippen molar-refractivity contribution < 1.29 is 4.39 Å². The first-order valence-corrected chi connectivity index (χ1v) is 6.35. The molecular weight excluding hydrogens is 295 g/mol. The molecule has 0 spiro atoms. The first kappa shape index (κ1) is 11.4. The first-order chi connectivity index (χ1) is 8.66. The van der Waals surface area contributed by atoms with Crippen LogP contribution in [0.5, 0.6) is 0 Å². The summed E-state index contributed by atoms with van der Waals surface area (Å²) in [6.45, 7) is 2.02. The number of hydrogen-bond donors (Lipinski definition) is 0. The number of nitrogens with zero attached hydrogens (tertiary/aromatic N) is 2. The van der Waals surface area contributed by atoms with Crippen LogP contribution in [0.25, 0.3) is 16.9 Å². The Kier molecular flexibility index (Phi) is 2.67. The summed E-state index contributed by atoms with van der Waals surface area (Å²) in [7, 11) is 0. The Balaban J connectivity index is 2.34. The lowest BCUT2D eigenvalue weighted by atomic mass is 10.2. The summed E-state index contributed by atoms with van der Waals surface area (Å²) >= 11 is 3.42. The fourth-order valence-electron chi connectivity index (χ4n) is 1.99. The molecule has 3 rings (SSSR count). The van der Waals surface area contributed by atoms with Gasteiger partial charge in [-0.25, -0.2) is 9.37 Å². The van der Waals surface area contributed by atoms with Crippen molar-refractivity contribution in [3.63, 3.8) is 0 Å². The SMILES string of the molecule is Cc1ccn2c(-c3ccccc3F)nc(Br)c2c1. The molecule has 0 bridgehead atoms. The number of hydrogen-bond acceptors (Lipinski definition) is 1. The second kappa shape index (κ2) is 4.21. The molecule has 18 heavy (non-hydrogen) atoms. The van der Waals surface area contributed by atoms with E-state index >= 15 is 0 Å². The molecule has 90 valence electrons. The van der Waals surface area contributed by atoms with Crippen molar-refractivity contribution in [1.29, 1.82) is 0 Å². The first-order valence-electron chi connectivity index (χ1n) is 5.56. The minimum atomic E-state index is -0.266. The van der Waals surface area contributed by atoms with Crippen molar-refractivity contribution in [3.8, 4) is 11.4 Å². The lowest BCUT2D eigenvalue weighted by Gasteiger charge is -2.03. The highest BCUT2D eigenvalue weighted by molar-refractivity contribution is 9.10. The van der Waals surface area contributed by atoms with Crippen LogP contribution in [0.3, 0.4) is 0 Å². The van der Waals surface area contributed by atoms with Gasteiger partial charge in [0.2, 0.25) is 0 Å². The quantitative estimate of drug-likeness (QED) is 0.658. The molecule has 0 radical (unpaired) electrons. The molecule has 0 amide bonds. The van der Waals surface area contributed by atoms with Crippen LogP contribution < -0.4 is 0 Å². The predicted octanol–water partition coefficient (Wildman–Crippen LogP) is 4.21. The Morgan fingerprint density at radius 2 is 2.00 bits per heavy atom. The monoisotopic (exact) mass is 304 g/mol. The van der Waals surface area contributed by atoms with Gasteiger partial charge in [-0.3, -0.25) is 4.40 Å². The summed E-state index contributed by atoms with van der Waals surface area (Å²) in [5.41, 5.74) is 2.58. The standard InChI is InChI=1S/C14H10BrFN2/c1-9-6-7-18-12(8-9)13(15)17-14(18)10-4-2-3-5-11(10)16/h2-8H,1H3. The molecule has 0 aliphatic rings. The third-order valence-corrected chi connectivity index (χ3v) is 3.45. The number of benzene rings is 1. The van der Waals surface area contributed by atoms with Crippen molar-refractivity contribution in [1.82, 2.24) is 9.38 Å². The molecule has 1 aromatic carbocycles. The Labute approximate surface area is 112 Å². The van der Waals surface area contributed by atoms with Gasteiger partial charge in [-0.05, 0) is 52.7 Å². The number of pyridine rings is 1. The van der Waals surface area contributed by atoms with E-state index in [4.69, 9.17) is 0 Å². The van der Waals surface area contributed by atoms with E-state index in [-0.39, 0.29) is 5.82 Å². The van der Waals surface area contributed by atoms with Crippen molar-refractivity contribution in [3.05, 3.63) is 58.6 Å². The van der Waals surface area contributed by atoms with Gasteiger partial charge in [-0.1, -0.05) is 12.1 Å². The van der Waals surface area contributed by atoms with Gasteiger partial charge in [0.05, 0.1) is 11.1 Å². The normalized spacial score (nSPS) is 11.1. The molecule has 0 N–H and O–H groups in total. The van der Waals surface area contributed by atoms with E-state index in [9.17, 15) is 4.39 Å². The van der Waals surface area contributed by atoms with E-state index < -0.39 is 0 Å². The van der Waals surface area contributed by atoms with Crippen molar-refractivity contribution in [2.45, 2.75) is 6.92 Å². The Morgan fingerprint density at radius 3 is 2.78 bits per heavy atom. The van der Waals surface area contributed by atoms with Gasteiger partial charge in [0, 0.05) is 6.20 Å². The average Bonchev–Trinajstić information content (AvgIpc) is 2.67. The summed E-state index contributed by atoms with van der Waals surface area (Å²) in [4.78, 5) is 4.40. The zero-order valence-corrected chi connectivity index (χ0v) is 11.3. The summed E-state index contributed by atoms with van der Waals surface area (Å²) in [5, 5.41) is 0. The molecule has 0 atom stereocenters. The molecule has 0 aliphatic heterocycles. The maximum absolute atomic E-state index is 13.8. The number of aromatic nitrogens is 2. The summed E-state index contributed by atoms with van der Waals surface area (Å²) in [6, 6.07) is 10.7. The number of halogens is 2. The van der Waals surface area contributed by atoms with E-state index in [1.54, 1.807) is 12.1 Å². The zero-order valence-electron chi connectivity index (χ0n) is 9.69. The van der Waals surface area contributed by atoms with Crippen LogP contribution in [0.15, 0.2) is 47.2 Å². The predicted molar refractivity (Wildman–Crippen MR) is 73.0 cm³/mol. The van der Waals surface area contributed by atoms with Crippen LogP contribution >= 0.6 is 15.9 Å². The Bertz CT molecular complexity index is 734. The minimum Gasteiger partial charge on any atom is -0.298 e. The molecule has 2 aromatic heterocycles. The summed E-state index contributed by atoms with van der Waals surface area (Å²) < 4.78 is 16.4. The molecule has 3 aromatic rings. The van der Waals surface area contributed by atoms with Gasteiger partial charge < -0.3 is 0 Å². The lowest BCUT2D eigenvalue weighted by molar-refractivity contribution is 0.630. The summed E-state index contributed by atoms with van der Waals surface area (Å²) in [5.74, 6) is 0.340. The van der Waals surface area contributed by atoms with Crippen LogP contribution in [-0.2, 0) is 0 Å². The maximum atomic E-state index is 13.8. The van der Waals surface area contributed by atoms with E-state index in [0.717, 1.165) is 15.7 Å². The topological polar surface area (TPSA) is 17.3 Å². The highest BCUT2D eigenvalue weighted by Crippen LogP contribution is 2.28. The van der Waals surface area contributed by atoms with Crippen LogP contribution in [0, 0.1) is 12.7 Å². The van der Waals surface area contributed by atoms with Crippen molar-refractivity contribution in [2.24, 2.45) is 0 Å². The van der Waals surface area contributed by atoms with Crippen LogP contribution in [0.4, 0.5) is 4.39 Å². The van der Waals surface area contributed by atoms with Gasteiger partial charge in [0.15, 0.2) is 0 Å². The fourth-order valence-corrected chi connectivity index (χ4v) is 2.46. The Hall–Kier alpha value is -1.68. The Morgan fingerprint density at radius 1 is 1.22 bits per heavy atom. The van der Waals surface area contributed by atoms with Gasteiger partial charge in [0.1, 0.15) is 16.2 Å². The largest absolute Gasteiger partial charge is 0.298 e. The fraction of sp³-hybridized carbons (Fsp3) is 0.0714. The molecule has 0 unspecified atom stereocenters. The third-order valence-electron chi connectivity index (χ3n) is 2.87. The summed E-state index contributed by atoms with van der Waals surface area (Å²) in [6.07, 6.45) is 1.91. The smallest absolute Gasteiger partial charge is 0.148 e. The van der Waals surface area contributed by atoms with E-state index in [2.05, 4.69) is 20.9 Å². The lowest BCUT2D eigenvalue weighted by Crippen LogP contribution is -1.92. The zero-order chi connectivity index (χ0) is 12.7. The van der Waals surface area contributed by atoms with Crippen LogP contribution in [0.1, 0.15) is 5.56 Å². The molecule has 2 nitrogen and oxygen atoms in total. The second-order valence-corrected chi connectivity index (χ2v) is 4.92. The van der Waals surface area contributed by atoms with Gasteiger partial charge >= 0.3 is 0 Å². The number of aryl methyl sites for hydroxylation is 1. The molecule has 0 fully saturated rings.